The minimum Gasteiger partial charge on any atom is -0.314 e. The van der Waals surface area contributed by atoms with Crippen molar-refractivity contribution in [3.8, 4) is 6.07 Å². The molecule has 1 heterocycles. The number of benzene rings is 1. The van der Waals surface area contributed by atoms with E-state index < -0.39 is 11.2 Å². The summed E-state index contributed by atoms with van der Waals surface area (Å²) in [6, 6.07) is 7.93. The molecule has 5 nitrogen and oxygen atoms in total. The van der Waals surface area contributed by atoms with Crippen LogP contribution in [0.2, 0.25) is 5.02 Å². The summed E-state index contributed by atoms with van der Waals surface area (Å²) in [5.41, 5.74) is 0.134. The van der Waals surface area contributed by atoms with Gasteiger partial charge in [0.25, 0.3) is 5.56 Å². The van der Waals surface area contributed by atoms with Gasteiger partial charge in [0.2, 0.25) is 0 Å². The molecule has 0 aliphatic rings. The Kier molecular flexibility index (Phi) is 3.31. The normalized spacial score (nSPS) is 10.0. The molecule has 0 unspecified atom stereocenters. The van der Waals surface area contributed by atoms with Gasteiger partial charge in [-0.15, -0.1) is 0 Å². The third-order valence-corrected chi connectivity index (χ3v) is 2.81. The van der Waals surface area contributed by atoms with Crippen LogP contribution in [0.1, 0.15) is 11.1 Å². The van der Waals surface area contributed by atoms with Crippen molar-refractivity contribution in [3.05, 3.63) is 67.4 Å². The van der Waals surface area contributed by atoms with Gasteiger partial charge < -0.3 is 4.98 Å². The molecule has 1 aromatic heterocycles. The molecule has 0 aliphatic heterocycles. The maximum absolute atomic E-state index is 11.5. The molecule has 2 aromatic rings. The van der Waals surface area contributed by atoms with Crippen LogP contribution in [0.4, 0.5) is 0 Å². The van der Waals surface area contributed by atoms with Crippen molar-refractivity contribution < 1.29 is 0 Å². The Bertz CT molecular complexity index is 712. The van der Waals surface area contributed by atoms with E-state index in [1.54, 1.807) is 12.1 Å². The van der Waals surface area contributed by atoms with E-state index >= 15 is 0 Å². The molecule has 0 bridgehead atoms. The van der Waals surface area contributed by atoms with Gasteiger partial charge in [0.1, 0.15) is 0 Å². The average Bonchev–Trinajstić information content (AvgIpc) is 2.35. The third-order valence-electron chi connectivity index (χ3n) is 2.45. The zero-order valence-electron chi connectivity index (χ0n) is 9.18. The molecule has 1 aromatic carbocycles. The summed E-state index contributed by atoms with van der Waals surface area (Å²) in [5, 5.41) is 9.06. The van der Waals surface area contributed by atoms with Crippen LogP contribution < -0.4 is 11.2 Å². The van der Waals surface area contributed by atoms with E-state index in [0.717, 1.165) is 4.57 Å². The topological polar surface area (TPSA) is 78.7 Å². The standard InChI is InChI=1S/C12H8ClN3O2/c13-10-5-8(6-14)1-2-9(10)7-16-11(17)3-4-15-12(16)18/h1-5H,7H2,(H,15,18). The number of nitriles is 1. The van der Waals surface area contributed by atoms with E-state index in [0.29, 0.717) is 16.1 Å². The minimum atomic E-state index is -0.497. The number of aromatic nitrogens is 2. The molecule has 1 N–H and O–H groups in total. The van der Waals surface area contributed by atoms with Crippen LogP contribution in [0, 0.1) is 11.3 Å². The van der Waals surface area contributed by atoms with E-state index in [2.05, 4.69) is 4.98 Å². The van der Waals surface area contributed by atoms with Gasteiger partial charge in [0, 0.05) is 17.3 Å². The van der Waals surface area contributed by atoms with Crippen LogP contribution in [-0.2, 0) is 6.54 Å². The van der Waals surface area contributed by atoms with E-state index in [-0.39, 0.29) is 6.54 Å². The van der Waals surface area contributed by atoms with Gasteiger partial charge in [-0.1, -0.05) is 17.7 Å². The van der Waals surface area contributed by atoms with Crippen molar-refractivity contribution >= 4 is 11.6 Å². The highest BCUT2D eigenvalue weighted by Gasteiger charge is 2.06. The van der Waals surface area contributed by atoms with Crippen molar-refractivity contribution in [2.24, 2.45) is 0 Å². The fourth-order valence-electron chi connectivity index (χ4n) is 1.52. The summed E-state index contributed by atoms with van der Waals surface area (Å²) < 4.78 is 1.03. The first-order valence-corrected chi connectivity index (χ1v) is 5.46. The van der Waals surface area contributed by atoms with Crippen LogP contribution in [0.15, 0.2) is 40.1 Å². The SMILES string of the molecule is N#Cc1ccc(Cn2c(=O)cc[nH]c2=O)c(Cl)c1. The number of aromatic amines is 1. The largest absolute Gasteiger partial charge is 0.328 e. The second-order valence-electron chi connectivity index (χ2n) is 3.63. The first-order valence-electron chi connectivity index (χ1n) is 5.09. The minimum absolute atomic E-state index is 0.0690. The number of hydrogen-bond acceptors (Lipinski definition) is 3. The Balaban J connectivity index is 2.45. The monoisotopic (exact) mass is 261 g/mol. The number of rotatable bonds is 2. The molecule has 18 heavy (non-hydrogen) atoms. The summed E-state index contributed by atoms with van der Waals surface area (Å²) >= 11 is 5.98. The maximum Gasteiger partial charge on any atom is 0.328 e. The second kappa shape index (κ2) is 4.90. The zero-order valence-corrected chi connectivity index (χ0v) is 9.94. The highest BCUT2D eigenvalue weighted by Crippen LogP contribution is 2.17. The second-order valence-corrected chi connectivity index (χ2v) is 4.03. The lowest BCUT2D eigenvalue weighted by Gasteiger charge is -2.06. The predicted octanol–water partition coefficient (Wildman–Crippen LogP) is 1.11. The Hall–Kier alpha value is -2.32. The Morgan fingerprint density at radius 2 is 2.11 bits per heavy atom. The van der Waals surface area contributed by atoms with E-state index in [1.165, 1.54) is 18.3 Å². The zero-order chi connectivity index (χ0) is 13.1. The molecule has 0 fully saturated rings. The molecule has 6 heteroatoms. The fraction of sp³-hybridized carbons (Fsp3) is 0.0833. The van der Waals surface area contributed by atoms with Crippen LogP contribution in [0.25, 0.3) is 0 Å². The Labute approximate surface area is 107 Å². The van der Waals surface area contributed by atoms with Gasteiger partial charge in [0.15, 0.2) is 0 Å². The van der Waals surface area contributed by atoms with Crippen LogP contribution >= 0.6 is 11.6 Å². The van der Waals surface area contributed by atoms with Crippen LogP contribution in [0.3, 0.4) is 0 Å². The number of halogens is 1. The van der Waals surface area contributed by atoms with Crippen LogP contribution in [-0.4, -0.2) is 9.55 Å². The Morgan fingerprint density at radius 1 is 1.33 bits per heavy atom. The number of nitrogens with one attached hydrogen (secondary N) is 1. The highest BCUT2D eigenvalue weighted by atomic mass is 35.5. The first-order chi connectivity index (χ1) is 8.61. The Morgan fingerprint density at radius 3 is 2.72 bits per heavy atom. The van der Waals surface area contributed by atoms with E-state index in [4.69, 9.17) is 16.9 Å². The fourth-order valence-corrected chi connectivity index (χ4v) is 1.76. The van der Waals surface area contributed by atoms with Crippen molar-refractivity contribution in [2.45, 2.75) is 6.54 Å². The van der Waals surface area contributed by atoms with Crippen LogP contribution in [0.5, 0.6) is 0 Å². The number of H-pyrrole nitrogens is 1. The lowest BCUT2D eigenvalue weighted by atomic mass is 10.1. The van der Waals surface area contributed by atoms with Gasteiger partial charge in [-0.3, -0.25) is 9.36 Å². The predicted molar refractivity (Wildman–Crippen MR) is 66.6 cm³/mol. The van der Waals surface area contributed by atoms with Crippen molar-refractivity contribution in [3.63, 3.8) is 0 Å². The first kappa shape index (κ1) is 12.1. The quantitative estimate of drug-likeness (QED) is 0.879. The summed E-state index contributed by atoms with van der Waals surface area (Å²) in [4.78, 5) is 25.4. The molecule has 0 radical (unpaired) electrons. The van der Waals surface area contributed by atoms with Crippen molar-refractivity contribution in [1.29, 1.82) is 5.26 Å². The smallest absolute Gasteiger partial charge is 0.314 e. The summed E-state index contributed by atoms with van der Waals surface area (Å²) in [7, 11) is 0. The van der Waals surface area contributed by atoms with Crippen molar-refractivity contribution in [2.75, 3.05) is 0 Å². The van der Waals surface area contributed by atoms with Gasteiger partial charge in [0.05, 0.1) is 18.2 Å². The summed E-state index contributed by atoms with van der Waals surface area (Å²) in [6.45, 7) is 0.0690. The van der Waals surface area contributed by atoms with Gasteiger partial charge in [-0.05, 0) is 17.7 Å². The molecule has 90 valence electrons. The molecule has 0 saturated heterocycles. The maximum atomic E-state index is 11.5. The number of hydrogen-bond donors (Lipinski definition) is 1. The third kappa shape index (κ3) is 2.34. The molecule has 0 saturated carbocycles. The highest BCUT2D eigenvalue weighted by molar-refractivity contribution is 6.31. The van der Waals surface area contributed by atoms with E-state index in [1.807, 2.05) is 6.07 Å². The lowest BCUT2D eigenvalue weighted by molar-refractivity contribution is 0.699. The van der Waals surface area contributed by atoms with E-state index in [9.17, 15) is 9.59 Å². The van der Waals surface area contributed by atoms with Gasteiger partial charge in [-0.25, -0.2) is 4.79 Å². The molecular formula is C12H8ClN3O2. The van der Waals surface area contributed by atoms with Gasteiger partial charge in [-0.2, -0.15) is 5.26 Å². The molecule has 0 amide bonds. The lowest BCUT2D eigenvalue weighted by Crippen LogP contribution is -2.34. The number of nitrogens with zero attached hydrogens (tertiary/aromatic N) is 2. The average molecular weight is 262 g/mol. The summed E-state index contributed by atoms with van der Waals surface area (Å²) in [6.07, 6.45) is 1.29. The molecule has 0 atom stereocenters. The molecular weight excluding hydrogens is 254 g/mol. The molecule has 0 spiro atoms. The summed E-state index contributed by atoms with van der Waals surface area (Å²) in [5.74, 6) is 0. The van der Waals surface area contributed by atoms with Crippen molar-refractivity contribution in [1.82, 2.24) is 9.55 Å². The molecule has 2 rings (SSSR count). The van der Waals surface area contributed by atoms with Gasteiger partial charge >= 0.3 is 5.69 Å². The molecule has 0 aliphatic carbocycles.